The van der Waals surface area contributed by atoms with Crippen molar-refractivity contribution in [3.8, 4) is 17.3 Å². The van der Waals surface area contributed by atoms with Crippen LogP contribution in [-0.2, 0) is 6.42 Å². The summed E-state index contributed by atoms with van der Waals surface area (Å²) in [5.41, 5.74) is 3.48. The summed E-state index contributed by atoms with van der Waals surface area (Å²) in [4.78, 5) is 17.3. The van der Waals surface area contributed by atoms with Gasteiger partial charge in [0.15, 0.2) is 0 Å². The fraction of sp³-hybridized carbons (Fsp3) is 0.0741. The lowest BCUT2D eigenvalue weighted by molar-refractivity contribution is 0.563. The molecule has 0 atom stereocenters. The van der Waals surface area contributed by atoms with Crippen LogP contribution in [0.1, 0.15) is 17.5 Å². The Hall–Kier alpha value is -4.21. The van der Waals surface area contributed by atoms with Crippen LogP contribution < -0.4 is 10.9 Å². The van der Waals surface area contributed by atoms with E-state index in [1.54, 1.807) is 11.6 Å². The first-order valence-electron chi connectivity index (χ1n) is 10.5. The van der Waals surface area contributed by atoms with Crippen molar-refractivity contribution in [1.82, 2.24) is 4.98 Å². The number of hydrogen-bond donors (Lipinski definition) is 1. The molecule has 0 aliphatic heterocycles. The number of nitrogens with one attached hydrogen (secondary N) is 1. The van der Waals surface area contributed by atoms with E-state index in [0.717, 1.165) is 28.3 Å². The molecule has 0 saturated carbocycles. The van der Waals surface area contributed by atoms with Crippen LogP contribution in [-0.4, -0.2) is 4.98 Å². The maximum Gasteiger partial charge on any atom is 0.345 e. The average molecular weight is 450 g/mol. The number of aryl methyl sites for hydroxylation is 1. The van der Waals surface area contributed by atoms with E-state index < -0.39 is 5.63 Å². The zero-order chi connectivity index (χ0) is 22.8. The van der Waals surface area contributed by atoms with Crippen LogP contribution in [0.3, 0.4) is 0 Å². The van der Waals surface area contributed by atoms with Crippen molar-refractivity contribution in [2.24, 2.45) is 0 Å². The monoisotopic (exact) mass is 449 g/mol. The van der Waals surface area contributed by atoms with Crippen LogP contribution in [0.15, 0.2) is 87.5 Å². The number of rotatable bonds is 5. The minimum absolute atomic E-state index is 0.377. The van der Waals surface area contributed by atoms with Crippen LogP contribution in [0.25, 0.3) is 38.6 Å². The molecule has 0 saturated heterocycles. The molecule has 6 heteroatoms. The molecule has 0 amide bonds. The van der Waals surface area contributed by atoms with E-state index >= 15 is 0 Å². The second-order valence-corrected chi connectivity index (χ2v) is 8.41. The summed E-state index contributed by atoms with van der Waals surface area (Å²) in [5.74, 6) is 0. The van der Waals surface area contributed by atoms with Gasteiger partial charge in [-0.1, -0.05) is 49.4 Å². The van der Waals surface area contributed by atoms with E-state index in [1.807, 2.05) is 66.7 Å². The Balaban J connectivity index is 1.50. The molecule has 2 aromatic heterocycles. The van der Waals surface area contributed by atoms with Gasteiger partial charge in [-0.25, -0.2) is 9.78 Å². The van der Waals surface area contributed by atoms with Gasteiger partial charge >= 0.3 is 5.63 Å². The van der Waals surface area contributed by atoms with Gasteiger partial charge in [0.25, 0.3) is 0 Å². The Morgan fingerprint density at radius 2 is 1.94 bits per heavy atom. The van der Waals surface area contributed by atoms with Gasteiger partial charge < -0.3 is 9.73 Å². The lowest BCUT2D eigenvalue weighted by Gasteiger charge is -2.04. The van der Waals surface area contributed by atoms with Crippen molar-refractivity contribution < 1.29 is 4.42 Å². The number of benzene rings is 3. The molecule has 3 aromatic carbocycles. The van der Waals surface area contributed by atoms with Crippen molar-refractivity contribution in [3.05, 3.63) is 99.3 Å². The predicted octanol–water partition coefficient (Wildman–Crippen LogP) is 6.61. The standard InChI is InChI=1S/C27H19N3O2S/c1-2-17-7-10-20(11-8-17)29-15-19(14-28)26-30-24(16-33-26)23-13-22-21-6-4-3-5-18(21)9-12-25(22)32-27(23)31/h3-13,15-16,29H,2H2,1H3/b19-15-. The molecule has 0 unspecified atom stereocenters. The fourth-order valence-corrected chi connectivity index (χ4v) is 4.49. The van der Waals surface area contributed by atoms with Gasteiger partial charge in [0.2, 0.25) is 0 Å². The minimum Gasteiger partial charge on any atom is -0.422 e. The zero-order valence-corrected chi connectivity index (χ0v) is 18.6. The predicted molar refractivity (Wildman–Crippen MR) is 134 cm³/mol. The number of allylic oxidation sites excluding steroid dienone is 1. The van der Waals surface area contributed by atoms with Gasteiger partial charge in [-0.2, -0.15) is 5.26 Å². The third-order valence-corrected chi connectivity index (χ3v) is 6.39. The second-order valence-electron chi connectivity index (χ2n) is 7.55. The van der Waals surface area contributed by atoms with Crippen molar-refractivity contribution in [1.29, 1.82) is 5.26 Å². The third-order valence-electron chi connectivity index (χ3n) is 5.52. The maximum atomic E-state index is 12.7. The van der Waals surface area contributed by atoms with Gasteiger partial charge in [0, 0.05) is 22.7 Å². The van der Waals surface area contributed by atoms with Crippen LogP contribution in [0.2, 0.25) is 0 Å². The summed E-state index contributed by atoms with van der Waals surface area (Å²) in [6.07, 6.45) is 2.61. The van der Waals surface area contributed by atoms with E-state index in [1.165, 1.54) is 16.9 Å². The SMILES string of the molecule is CCc1ccc(N/C=C(/C#N)c2nc(-c3cc4c(ccc5ccccc54)oc3=O)cs2)cc1. The topological polar surface area (TPSA) is 78.9 Å². The first kappa shape index (κ1) is 20.7. The number of nitrogens with zero attached hydrogens (tertiary/aromatic N) is 2. The summed E-state index contributed by atoms with van der Waals surface area (Å²) in [7, 11) is 0. The highest BCUT2D eigenvalue weighted by atomic mass is 32.1. The van der Waals surface area contributed by atoms with Crippen molar-refractivity contribution in [3.63, 3.8) is 0 Å². The molecule has 5 nitrogen and oxygen atoms in total. The number of hydrogen-bond acceptors (Lipinski definition) is 6. The van der Waals surface area contributed by atoms with Gasteiger partial charge in [-0.05, 0) is 47.0 Å². The Kier molecular flexibility index (Phi) is 5.47. The first-order valence-corrected chi connectivity index (χ1v) is 11.4. The zero-order valence-electron chi connectivity index (χ0n) is 17.8. The van der Waals surface area contributed by atoms with Gasteiger partial charge in [0.05, 0.1) is 11.3 Å². The van der Waals surface area contributed by atoms with Crippen LogP contribution in [0.4, 0.5) is 5.69 Å². The number of nitriles is 1. The van der Waals surface area contributed by atoms with E-state index in [4.69, 9.17) is 4.42 Å². The Morgan fingerprint density at radius 3 is 2.73 bits per heavy atom. The Bertz CT molecular complexity index is 1610. The first-order chi connectivity index (χ1) is 16.2. The van der Waals surface area contributed by atoms with Crippen molar-refractivity contribution in [2.45, 2.75) is 13.3 Å². The molecule has 0 bridgehead atoms. The second kappa shape index (κ2) is 8.73. The van der Waals surface area contributed by atoms with Gasteiger partial charge in [-0.3, -0.25) is 0 Å². The largest absolute Gasteiger partial charge is 0.422 e. The molecule has 5 aromatic rings. The van der Waals surface area contributed by atoms with Crippen molar-refractivity contribution >= 4 is 44.3 Å². The smallest absolute Gasteiger partial charge is 0.345 e. The van der Waals surface area contributed by atoms with Gasteiger partial charge in [0.1, 0.15) is 22.2 Å². The number of aromatic nitrogens is 1. The molecule has 0 fully saturated rings. The molecular weight excluding hydrogens is 430 g/mol. The van der Waals surface area contributed by atoms with Crippen LogP contribution in [0.5, 0.6) is 0 Å². The van der Waals surface area contributed by atoms with E-state index in [0.29, 0.717) is 27.4 Å². The highest BCUT2D eigenvalue weighted by molar-refractivity contribution is 7.11. The van der Waals surface area contributed by atoms with E-state index in [-0.39, 0.29) is 0 Å². The molecule has 2 heterocycles. The third kappa shape index (κ3) is 4.02. The highest BCUT2D eigenvalue weighted by Crippen LogP contribution is 2.30. The lowest BCUT2D eigenvalue weighted by atomic mass is 10.0. The molecule has 0 radical (unpaired) electrons. The Morgan fingerprint density at radius 1 is 1.12 bits per heavy atom. The quantitative estimate of drug-likeness (QED) is 0.186. The maximum absolute atomic E-state index is 12.7. The highest BCUT2D eigenvalue weighted by Gasteiger charge is 2.15. The van der Waals surface area contributed by atoms with Crippen LogP contribution in [0, 0.1) is 11.3 Å². The van der Waals surface area contributed by atoms with E-state index in [9.17, 15) is 10.1 Å². The van der Waals surface area contributed by atoms with Gasteiger partial charge in [-0.15, -0.1) is 11.3 Å². The van der Waals surface area contributed by atoms with Crippen molar-refractivity contribution in [2.75, 3.05) is 5.32 Å². The molecule has 160 valence electrons. The van der Waals surface area contributed by atoms with E-state index in [2.05, 4.69) is 23.3 Å². The number of fused-ring (bicyclic) bond motifs is 3. The molecular formula is C27H19N3O2S. The fourth-order valence-electron chi connectivity index (χ4n) is 3.71. The molecule has 33 heavy (non-hydrogen) atoms. The summed E-state index contributed by atoms with van der Waals surface area (Å²) < 4.78 is 5.59. The average Bonchev–Trinajstić information content (AvgIpc) is 3.34. The lowest BCUT2D eigenvalue weighted by Crippen LogP contribution is -2.03. The van der Waals surface area contributed by atoms with Crippen LogP contribution >= 0.6 is 11.3 Å². The summed E-state index contributed by atoms with van der Waals surface area (Å²) >= 11 is 1.31. The Labute approximate surface area is 194 Å². The molecule has 0 aliphatic carbocycles. The minimum atomic E-state index is -0.453. The summed E-state index contributed by atoms with van der Waals surface area (Å²) in [6.45, 7) is 2.11. The summed E-state index contributed by atoms with van der Waals surface area (Å²) in [6, 6.07) is 23.8. The number of thiazole rings is 1. The molecule has 5 rings (SSSR count). The molecule has 0 spiro atoms. The molecule has 0 aliphatic rings. The number of anilines is 1. The molecule has 1 N–H and O–H groups in total. The summed E-state index contributed by atoms with van der Waals surface area (Å²) in [5, 5.41) is 18.0. The normalized spacial score (nSPS) is 11.6.